The number of hydrogen-bond acceptors (Lipinski definition) is 11. The average molecular weight is 811 g/mol. The number of esters is 1. The van der Waals surface area contributed by atoms with Gasteiger partial charge in [-0.15, -0.1) is 0 Å². The maximum absolute atomic E-state index is 12.8. The first-order valence-corrected chi connectivity index (χ1v) is 23.9. The van der Waals surface area contributed by atoms with Gasteiger partial charge in [0.2, 0.25) is 0 Å². The van der Waals surface area contributed by atoms with Crippen molar-refractivity contribution >= 4 is 13.8 Å². The van der Waals surface area contributed by atoms with Crippen molar-refractivity contribution < 1.29 is 58.3 Å². The highest BCUT2D eigenvalue weighted by Crippen LogP contribution is 2.47. The standard InChI is InChI=1S/C42H83O12P/c1-3-5-7-9-11-13-15-17-18-19-20-22-24-26-28-30-32-51-33-35(53-36(43)31-29-27-25-23-21-16-14-12-10-8-6-4-2)34-52-55(49,50)54-42-40(47)38(45)37(44)39(46)41(42)48/h35,37-42,44-48H,3-34H2,1-2H3,(H,49,50)/t35-,37?,38-,39?,40?,41?,42?/m1/s1. The molecule has 12 nitrogen and oxygen atoms in total. The Hall–Kier alpha value is -0.660. The summed E-state index contributed by atoms with van der Waals surface area (Å²) >= 11 is 0. The maximum Gasteiger partial charge on any atom is 0.472 e. The topological polar surface area (TPSA) is 192 Å². The molecule has 1 aliphatic rings. The van der Waals surface area contributed by atoms with Crippen LogP contribution in [0.4, 0.5) is 0 Å². The molecule has 1 fully saturated rings. The van der Waals surface area contributed by atoms with Crippen LogP contribution in [0.3, 0.4) is 0 Å². The summed E-state index contributed by atoms with van der Waals surface area (Å²) in [5.74, 6) is -0.473. The Bertz CT molecular complexity index is 926. The van der Waals surface area contributed by atoms with E-state index in [4.69, 9.17) is 18.5 Å². The van der Waals surface area contributed by atoms with Crippen molar-refractivity contribution in [2.24, 2.45) is 0 Å². The van der Waals surface area contributed by atoms with E-state index >= 15 is 0 Å². The molecule has 6 N–H and O–H groups in total. The third-order valence-electron chi connectivity index (χ3n) is 10.7. The Morgan fingerprint density at radius 2 is 0.855 bits per heavy atom. The van der Waals surface area contributed by atoms with E-state index in [1.165, 1.54) is 135 Å². The van der Waals surface area contributed by atoms with Crippen molar-refractivity contribution in [1.82, 2.24) is 0 Å². The molecule has 6 unspecified atom stereocenters. The van der Waals surface area contributed by atoms with Crippen LogP contribution < -0.4 is 0 Å². The lowest BCUT2D eigenvalue weighted by atomic mass is 9.85. The summed E-state index contributed by atoms with van der Waals surface area (Å²) in [4.78, 5) is 23.1. The molecule has 0 heterocycles. The fraction of sp³-hybridized carbons (Fsp3) is 0.976. The summed E-state index contributed by atoms with van der Waals surface area (Å²) < 4.78 is 34.1. The Kier molecular flexibility index (Phi) is 32.6. The van der Waals surface area contributed by atoms with Crippen molar-refractivity contribution in [3.05, 3.63) is 0 Å². The van der Waals surface area contributed by atoms with Gasteiger partial charge in [-0.05, 0) is 12.8 Å². The molecule has 1 saturated carbocycles. The predicted molar refractivity (Wildman–Crippen MR) is 217 cm³/mol. The fourth-order valence-electron chi connectivity index (χ4n) is 7.12. The van der Waals surface area contributed by atoms with Crippen LogP contribution in [-0.2, 0) is 27.9 Å². The molecule has 0 aromatic heterocycles. The van der Waals surface area contributed by atoms with Crippen LogP contribution in [0.1, 0.15) is 200 Å². The van der Waals surface area contributed by atoms with Crippen LogP contribution >= 0.6 is 7.82 Å². The van der Waals surface area contributed by atoms with Gasteiger partial charge in [-0.2, -0.15) is 0 Å². The maximum atomic E-state index is 12.8. The first-order chi connectivity index (χ1) is 26.5. The Morgan fingerprint density at radius 1 is 0.509 bits per heavy atom. The van der Waals surface area contributed by atoms with Crippen LogP contribution in [0.25, 0.3) is 0 Å². The van der Waals surface area contributed by atoms with Gasteiger partial charge in [0.05, 0.1) is 13.2 Å². The van der Waals surface area contributed by atoms with E-state index in [2.05, 4.69) is 13.8 Å². The normalized spacial score (nSPS) is 23.1. The van der Waals surface area contributed by atoms with Gasteiger partial charge in [-0.1, -0.05) is 181 Å². The number of aliphatic hydroxyl groups excluding tert-OH is 5. The molecular weight excluding hydrogens is 727 g/mol. The first kappa shape index (κ1) is 52.4. The van der Waals surface area contributed by atoms with Gasteiger partial charge in [-0.3, -0.25) is 13.8 Å². The van der Waals surface area contributed by atoms with Gasteiger partial charge in [0.25, 0.3) is 0 Å². The number of phosphoric acid groups is 1. The number of ether oxygens (including phenoxy) is 2. The van der Waals surface area contributed by atoms with E-state index in [-0.39, 0.29) is 13.0 Å². The zero-order valence-corrected chi connectivity index (χ0v) is 35.6. The molecule has 0 amide bonds. The van der Waals surface area contributed by atoms with Crippen molar-refractivity contribution in [2.75, 3.05) is 19.8 Å². The van der Waals surface area contributed by atoms with E-state index in [1.54, 1.807) is 0 Å². The summed E-state index contributed by atoms with van der Waals surface area (Å²) in [7, 11) is -5.00. The van der Waals surface area contributed by atoms with Crippen molar-refractivity contribution in [1.29, 1.82) is 0 Å². The smallest absolute Gasteiger partial charge is 0.457 e. The van der Waals surface area contributed by atoms with Crippen molar-refractivity contribution in [3.8, 4) is 0 Å². The fourth-order valence-corrected chi connectivity index (χ4v) is 8.09. The highest BCUT2D eigenvalue weighted by Gasteiger charge is 2.51. The molecule has 0 aliphatic heterocycles. The summed E-state index contributed by atoms with van der Waals surface area (Å²) in [5.41, 5.74) is 0. The van der Waals surface area contributed by atoms with Crippen molar-refractivity contribution in [2.45, 2.75) is 243 Å². The second-order valence-electron chi connectivity index (χ2n) is 15.9. The lowest BCUT2D eigenvalue weighted by Crippen LogP contribution is -2.64. The molecule has 0 aromatic carbocycles. The summed E-state index contributed by atoms with van der Waals surface area (Å²) in [5, 5.41) is 50.1. The summed E-state index contributed by atoms with van der Waals surface area (Å²) in [6.45, 7) is 4.28. The second-order valence-corrected chi connectivity index (χ2v) is 17.3. The molecular formula is C42H83O12P. The second kappa shape index (κ2) is 34.2. The largest absolute Gasteiger partial charge is 0.472 e. The molecule has 0 radical (unpaired) electrons. The number of carbonyl (C=O) groups excluding carboxylic acids is 1. The van der Waals surface area contributed by atoms with Gasteiger partial charge in [-0.25, -0.2) is 4.57 Å². The van der Waals surface area contributed by atoms with Gasteiger partial charge in [0.1, 0.15) is 42.7 Å². The quantitative estimate of drug-likeness (QED) is 0.0198. The molecule has 1 aliphatic carbocycles. The first-order valence-electron chi connectivity index (χ1n) is 22.4. The van der Waals surface area contributed by atoms with Crippen LogP contribution in [0.15, 0.2) is 0 Å². The molecule has 13 heteroatoms. The zero-order valence-electron chi connectivity index (χ0n) is 34.7. The Labute approximate surface area is 334 Å². The van der Waals surface area contributed by atoms with Crippen molar-refractivity contribution in [3.63, 3.8) is 0 Å². The van der Waals surface area contributed by atoms with Crippen LogP contribution in [0.5, 0.6) is 0 Å². The van der Waals surface area contributed by atoms with Gasteiger partial charge >= 0.3 is 13.8 Å². The van der Waals surface area contributed by atoms with E-state index < -0.39 is 63.1 Å². The third kappa shape index (κ3) is 26.9. The number of hydrogen-bond donors (Lipinski definition) is 6. The lowest BCUT2D eigenvalue weighted by Gasteiger charge is -2.41. The minimum Gasteiger partial charge on any atom is -0.457 e. The lowest BCUT2D eigenvalue weighted by molar-refractivity contribution is -0.220. The number of phosphoric ester groups is 1. The highest BCUT2D eigenvalue weighted by molar-refractivity contribution is 7.47. The van der Waals surface area contributed by atoms with E-state index in [0.29, 0.717) is 13.0 Å². The molecule has 55 heavy (non-hydrogen) atoms. The van der Waals surface area contributed by atoms with Gasteiger partial charge < -0.3 is 39.9 Å². The highest BCUT2D eigenvalue weighted by atomic mass is 31.2. The molecule has 0 bridgehead atoms. The molecule has 0 spiro atoms. The molecule has 0 aromatic rings. The molecule has 328 valence electrons. The Morgan fingerprint density at radius 3 is 1.25 bits per heavy atom. The number of unbranched alkanes of at least 4 members (excludes halogenated alkanes) is 26. The number of rotatable bonds is 38. The van der Waals surface area contributed by atoms with E-state index in [1.807, 2.05) is 0 Å². The zero-order chi connectivity index (χ0) is 40.6. The van der Waals surface area contributed by atoms with E-state index in [0.717, 1.165) is 38.5 Å². The Balaban J connectivity index is 2.39. The van der Waals surface area contributed by atoms with Gasteiger partial charge in [0, 0.05) is 13.0 Å². The molecule has 1 rings (SSSR count). The monoisotopic (exact) mass is 811 g/mol. The minimum absolute atomic E-state index is 0.0682. The van der Waals surface area contributed by atoms with Crippen LogP contribution in [0.2, 0.25) is 0 Å². The third-order valence-corrected chi connectivity index (χ3v) is 11.7. The minimum atomic E-state index is -5.00. The van der Waals surface area contributed by atoms with E-state index in [9.17, 15) is 39.8 Å². The van der Waals surface area contributed by atoms with Crippen LogP contribution in [0, 0.1) is 0 Å². The SMILES string of the molecule is CCCCCCCCCCCCCCCCCCOC[C@H](COP(=O)(O)OC1C(O)C(O)C(O)[C@@H](O)C1O)OC(=O)CCCCCCCCCCCCCC. The average Bonchev–Trinajstić information content (AvgIpc) is 3.17. The summed E-state index contributed by atoms with van der Waals surface area (Å²) in [6.07, 6.45) is 21.7. The predicted octanol–water partition coefficient (Wildman–Crippen LogP) is 8.59. The molecule has 8 atom stereocenters. The number of aliphatic hydroxyl groups is 5. The molecule has 0 saturated heterocycles. The summed E-state index contributed by atoms with van der Waals surface area (Å²) in [6, 6.07) is 0. The van der Waals surface area contributed by atoms with Gasteiger partial charge in [0.15, 0.2) is 0 Å². The number of carbonyl (C=O) groups is 1. The van der Waals surface area contributed by atoms with Crippen LogP contribution in [-0.4, -0.2) is 98.9 Å².